The van der Waals surface area contributed by atoms with Gasteiger partial charge in [0.1, 0.15) is 5.75 Å². The lowest BCUT2D eigenvalue weighted by Gasteiger charge is -2.30. The molecule has 1 aliphatic rings. The van der Waals surface area contributed by atoms with E-state index in [1.807, 2.05) is 31.2 Å². The Bertz CT molecular complexity index is 425. The van der Waals surface area contributed by atoms with E-state index in [4.69, 9.17) is 11.2 Å². The third-order valence-electron chi connectivity index (χ3n) is 2.89. The maximum atomic E-state index is 5.67. The predicted octanol–water partition coefficient (Wildman–Crippen LogP) is 2.99. The molecule has 0 saturated carbocycles. The van der Waals surface area contributed by atoms with Gasteiger partial charge in [0.05, 0.1) is 12.5 Å². The molecule has 76 valence electrons. The Balaban J connectivity index is 2.44. The smallest absolute Gasteiger partial charge is 0.123 e. The molecule has 1 aromatic rings. The van der Waals surface area contributed by atoms with Crippen molar-refractivity contribution in [2.24, 2.45) is 5.92 Å². The first-order valence-electron chi connectivity index (χ1n) is 5.07. The Hall–Kier alpha value is -1.68. The van der Waals surface area contributed by atoms with E-state index in [9.17, 15) is 0 Å². The standard InChI is InChI=1S/C14H14O/c1-4-11-12-7-5-6-8-14(12)15-9-13(11)10(2)3/h1,5-8,11,13H,2,9H2,3H3/t11-,13-/m1/s1. The lowest BCUT2D eigenvalue weighted by molar-refractivity contribution is 0.233. The molecule has 0 spiro atoms. The summed E-state index contributed by atoms with van der Waals surface area (Å²) in [7, 11) is 0. The summed E-state index contributed by atoms with van der Waals surface area (Å²) >= 11 is 0. The van der Waals surface area contributed by atoms with Gasteiger partial charge in [-0.15, -0.1) is 6.42 Å². The van der Waals surface area contributed by atoms with Gasteiger partial charge in [-0.3, -0.25) is 0 Å². The quantitative estimate of drug-likeness (QED) is 0.498. The first kappa shape index (κ1) is 9.86. The largest absolute Gasteiger partial charge is 0.493 e. The van der Waals surface area contributed by atoms with E-state index in [2.05, 4.69) is 12.5 Å². The second-order valence-electron chi connectivity index (χ2n) is 3.95. The Labute approximate surface area is 90.8 Å². The fourth-order valence-corrected chi connectivity index (χ4v) is 1.99. The predicted molar refractivity (Wildman–Crippen MR) is 61.8 cm³/mol. The summed E-state index contributed by atoms with van der Waals surface area (Å²) in [5.74, 6) is 4.11. The third-order valence-corrected chi connectivity index (χ3v) is 2.89. The number of benzene rings is 1. The molecule has 1 nitrogen and oxygen atoms in total. The van der Waals surface area contributed by atoms with Gasteiger partial charge in [-0.2, -0.15) is 0 Å². The minimum absolute atomic E-state index is 0.104. The van der Waals surface area contributed by atoms with Gasteiger partial charge in [0.2, 0.25) is 0 Å². The SMILES string of the molecule is C#C[C@@H]1c2ccccc2OC[C@@H]1C(=C)C. The maximum absolute atomic E-state index is 5.67. The highest BCUT2D eigenvalue weighted by Gasteiger charge is 2.29. The van der Waals surface area contributed by atoms with Crippen LogP contribution in [0.5, 0.6) is 5.75 Å². The molecule has 0 fully saturated rings. The van der Waals surface area contributed by atoms with Gasteiger partial charge in [-0.05, 0) is 13.0 Å². The van der Waals surface area contributed by atoms with Crippen molar-refractivity contribution in [3.63, 3.8) is 0 Å². The zero-order valence-corrected chi connectivity index (χ0v) is 8.86. The number of rotatable bonds is 1. The van der Waals surface area contributed by atoms with Crippen molar-refractivity contribution >= 4 is 0 Å². The first-order chi connectivity index (χ1) is 7.24. The van der Waals surface area contributed by atoms with E-state index in [1.165, 1.54) is 0 Å². The van der Waals surface area contributed by atoms with Gasteiger partial charge < -0.3 is 4.74 Å². The lowest BCUT2D eigenvalue weighted by atomic mass is 9.81. The average Bonchev–Trinajstić information content (AvgIpc) is 2.27. The van der Waals surface area contributed by atoms with Crippen LogP contribution >= 0.6 is 0 Å². The molecule has 1 heteroatoms. The van der Waals surface area contributed by atoms with Crippen LogP contribution in [0.3, 0.4) is 0 Å². The Morgan fingerprint density at radius 3 is 2.93 bits per heavy atom. The highest BCUT2D eigenvalue weighted by molar-refractivity contribution is 5.43. The summed E-state index contributed by atoms with van der Waals surface area (Å²) in [5, 5.41) is 0. The molecular formula is C14H14O. The Morgan fingerprint density at radius 1 is 1.53 bits per heavy atom. The van der Waals surface area contributed by atoms with Crippen molar-refractivity contribution in [3.05, 3.63) is 42.0 Å². The summed E-state index contributed by atoms with van der Waals surface area (Å²) < 4.78 is 5.67. The molecule has 2 atom stereocenters. The molecule has 1 heterocycles. The summed E-state index contributed by atoms with van der Waals surface area (Å²) in [5.41, 5.74) is 2.20. The van der Waals surface area contributed by atoms with E-state index < -0.39 is 0 Å². The van der Waals surface area contributed by atoms with Crippen LogP contribution in [0.4, 0.5) is 0 Å². The zero-order chi connectivity index (χ0) is 10.8. The Kier molecular flexibility index (Phi) is 2.51. The Morgan fingerprint density at radius 2 is 2.27 bits per heavy atom. The molecule has 0 aliphatic carbocycles. The minimum atomic E-state index is 0.104. The zero-order valence-electron chi connectivity index (χ0n) is 8.86. The molecule has 15 heavy (non-hydrogen) atoms. The number of terminal acetylenes is 1. The van der Waals surface area contributed by atoms with E-state index in [0.29, 0.717) is 6.61 Å². The van der Waals surface area contributed by atoms with Gasteiger partial charge >= 0.3 is 0 Å². The second kappa shape index (κ2) is 3.82. The molecule has 2 rings (SSSR count). The fraction of sp³-hybridized carbons (Fsp3) is 0.286. The van der Waals surface area contributed by atoms with Crippen molar-refractivity contribution in [2.45, 2.75) is 12.8 Å². The van der Waals surface area contributed by atoms with Gasteiger partial charge in [-0.25, -0.2) is 0 Å². The molecule has 0 amide bonds. The summed E-state index contributed by atoms with van der Waals surface area (Å²) in [6, 6.07) is 7.96. The van der Waals surface area contributed by atoms with Crippen LogP contribution < -0.4 is 4.74 Å². The van der Waals surface area contributed by atoms with Gasteiger partial charge in [0.15, 0.2) is 0 Å². The van der Waals surface area contributed by atoms with Crippen LogP contribution in [0, 0.1) is 18.3 Å². The topological polar surface area (TPSA) is 9.23 Å². The van der Waals surface area contributed by atoms with Crippen LogP contribution in [0.25, 0.3) is 0 Å². The molecular weight excluding hydrogens is 184 g/mol. The van der Waals surface area contributed by atoms with Gasteiger partial charge in [0.25, 0.3) is 0 Å². The highest BCUT2D eigenvalue weighted by atomic mass is 16.5. The van der Waals surface area contributed by atoms with Crippen molar-refractivity contribution < 1.29 is 4.74 Å². The summed E-state index contributed by atoms with van der Waals surface area (Å²) in [6.07, 6.45) is 5.60. The van der Waals surface area contributed by atoms with E-state index in [0.717, 1.165) is 16.9 Å². The van der Waals surface area contributed by atoms with Crippen LogP contribution in [0.15, 0.2) is 36.4 Å². The number of hydrogen-bond acceptors (Lipinski definition) is 1. The van der Waals surface area contributed by atoms with Crippen molar-refractivity contribution in [1.29, 1.82) is 0 Å². The molecule has 0 N–H and O–H groups in total. The minimum Gasteiger partial charge on any atom is -0.493 e. The monoisotopic (exact) mass is 198 g/mol. The van der Waals surface area contributed by atoms with E-state index in [1.54, 1.807) is 0 Å². The number of hydrogen-bond donors (Lipinski definition) is 0. The molecule has 0 aromatic heterocycles. The van der Waals surface area contributed by atoms with E-state index >= 15 is 0 Å². The molecule has 0 radical (unpaired) electrons. The normalized spacial score (nSPS) is 23.5. The number of fused-ring (bicyclic) bond motifs is 1. The fourth-order valence-electron chi connectivity index (χ4n) is 1.99. The van der Waals surface area contributed by atoms with Crippen LogP contribution in [0.1, 0.15) is 18.4 Å². The average molecular weight is 198 g/mol. The summed E-state index contributed by atoms with van der Waals surface area (Å²) in [4.78, 5) is 0. The van der Waals surface area contributed by atoms with Gasteiger partial charge in [0, 0.05) is 11.5 Å². The third kappa shape index (κ3) is 1.64. The maximum Gasteiger partial charge on any atom is 0.123 e. The molecule has 0 bridgehead atoms. The molecule has 0 unspecified atom stereocenters. The molecule has 1 aliphatic heterocycles. The van der Waals surface area contributed by atoms with Crippen LogP contribution in [-0.4, -0.2) is 6.61 Å². The van der Waals surface area contributed by atoms with Crippen molar-refractivity contribution in [3.8, 4) is 18.1 Å². The lowest BCUT2D eigenvalue weighted by Crippen LogP contribution is -2.25. The summed E-state index contributed by atoms with van der Waals surface area (Å²) in [6.45, 7) is 6.62. The van der Waals surface area contributed by atoms with Crippen LogP contribution in [-0.2, 0) is 0 Å². The van der Waals surface area contributed by atoms with Crippen molar-refractivity contribution in [2.75, 3.05) is 6.61 Å². The molecule has 0 saturated heterocycles. The molecule has 1 aromatic carbocycles. The highest BCUT2D eigenvalue weighted by Crippen LogP contribution is 2.38. The number of ether oxygens (including phenoxy) is 1. The van der Waals surface area contributed by atoms with E-state index in [-0.39, 0.29) is 11.8 Å². The van der Waals surface area contributed by atoms with Crippen LogP contribution in [0.2, 0.25) is 0 Å². The van der Waals surface area contributed by atoms with Crippen molar-refractivity contribution in [1.82, 2.24) is 0 Å². The van der Waals surface area contributed by atoms with Gasteiger partial charge in [-0.1, -0.05) is 36.3 Å². The first-order valence-corrected chi connectivity index (χ1v) is 5.07. The number of para-hydroxylation sites is 1. The second-order valence-corrected chi connectivity index (χ2v) is 3.95.